The molecule has 1 aromatic carbocycles. The van der Waals surface area contributed by atoms with Crippen molar-refractivity contribution >= 4 is 9.84 Å². The number of phenolic OH excluding ortho intramolecular Hbond substituents is 2. The van der Waals surface area contributed by atoms with Gasteiger partial charge >= 0.3 is 0 Å². The highest BCUT2D eigenvalue weighted by Crippen LogP contribution is 2.49. The van der Waals surface area contributed by atoms with Gasteiger partial charge in [-0.2, -0.15) is 0 Å². The van der Waals surface area contributed by atoms with Gasteiger partial charge in [0.2, 0.25) is 9.84 Å². The number of nitrogens with zero attached hydrogens (tertiary/aromatic N) is 1. The standard InChI is InChI=1S/C24H32N2O4S/c1-5-6-7-8-17-12-20(27)22(19-11-16(4)9-10-18(19)15(2)3)23(28)24(17)31(29,30)21-13-25-14-26-21/h11-14,18-19,27-28H,2,5-10H2,1,3-4H3,(H,25,26). The summed E-state index contributed by atoms with van der Waals surface area (Å²) in [6.07, 6.45) is 9.40. The number of aromatic hydroxyl groups is 2. The van der Waals surface area contributed by atoms with E-state index in [1.165, 1.54) is 18.6 Å². The van der Waals surface area contributed by atoms with Crippen LogP contribution in [0, 0.1) is 5.92 Å². The molecule has 0 bridgehead atoms. The Morgan fingerprint density at radius 3 is 2.68 bits per heavy atom. The second kappa shape index (κ2) is 9.30. The van der Waals surface area contributed by atoms with E-state index in [0.29, 0.717) is 12.0 Å². The minimum atomic E-state index is -4.05. The van der Waals surface area contributed by atoms with Crippen LogP contribution >= 0.6 is 0 Å². The molecule has 2 unspecified atom stereocenters. The molecule has 0 saturated carbocycles. The number of hydrogen-bond acceptors (Lipinski definition) is 5. The van der Waals surface area contributed by atoms with Crippen LogP contribution < -0.4 is 0 Å². The van der Waals surface area contributed by atoms with Gasteiger partial charge in [0.1, 0.15) is 16.4 Å². The zero-order chi connectivity index (χ0) is 22.8. The number of benzene rings is 1. The van der Waals surface area contributed by atoms with Gasteiger partial charge in [-0.05, 0) is 57.1 Å². The van der Waals surface area contributed by atoms with Gasteiger partial charge in [0.25, 0.3) is 0 Å². The first-order valence-electron chi connectivity index (χ1n) is 10.8. The summed E-state index contributed by atoms with van der Waals surface area (Å²) in [4.78, 5) is 6.34. The molecule has 1 aliphatic carbocycles. The molecule has 6 nitrogen and oxygen atoms in total. The number of phenols is 2. The third-order valence-corrected chi connectivity index (χ3v) is 7.94. The highest BCUT2D eigenvalue weighted by molar-refractivity contribution is 7.91. The Morgan fingerprint density at radius 1 is 1.32 bits per heavy atom. The fourth-order valence-electron chi connectivity index (χ4n) is 4.49. The van der Waals surface area contributed by atoms with Crippen molar-refractivity contribution in [1.82, 2.24) is 9.97 Å². The molecule has 1 heterocycles. The molecule has 0 radical (unpaired) electrons. The quantitative estimate of drug-likeness (QED) is 0.373. The van der Waals surface area contributed by atoms with E-state index in [1.54, 1.807) is 0 Å². The van der Waals surface area contributed by atoms with E-state index in [2.05, 4.69) is 23.5 Å². The van der Waals surface area contributed by atoms with Crippen molar-refractivity contribution in [1.29, 1.82) is 0 Å². The van der Waals surface area contributed by atoms with Gasteiger partial charge in [-0.15, -0.1) is 0 Å². The SMILES string of the molecule is C=C(C)C1CCC(C)=CC1c1c(O)cc(CCCCC)c(S(=O)(=O)c2cnc[nH]2)c1O. The molecule has 168 valence electrons. The summed E-state index contributed by atoms with van der Waals surface area (Å²) >= 11 is 0. The fourth-order valence-corrected chi connectivity index (χ4v) is 5.99. The molecule has 3 rings (SSSR count). The third kappa shape index (κ3) is 4.56. The molecule has 1 aliphatic rings. The number of allylic oxidation sites excluding steroid dienone is 3. The number of imidazole rings is 1. The number of hydrogen-bond donors (Lipinski definition) is 3. The molecule has 0 aliphatic heterocycles. The Kier molecular flexibility index (Phi) is 6.94. The summed E-state index contributed by atoms with van der Waals surface area (Å²) in [5.74, 6) is -0.779. The van der Waals surface area contributed by atoms with Gasteiger partial charge in [0, 0.05) is 11.5 Å². The van der Waals surface area contributed by atoms with Crippen LogP contribution in [0.25, 0.3) is 0 Å². The van der Waals surface area contributed by atoms with Crippen LogP contribution in [0.3, 0.4) is 0 Å². The Balaban J connectivity index is 2.25. The van der Waals surface area contributed by atoms with Crippen LogP contribution in [0.5, 0.6) is 11.5 Å². The van der Waals surface area contributed by atoms with E-state index < -0.39 is 9.84 Å². The predicted octanol–water partition coefficient (Wildman–Crippen LogP) is 5.40. The maximum atomic E-state index is 13.4. The van der Waals surface area contributed by atoms with E-state index in [9.17, 15) is 18.6 Å². The number of aromatic nitrogens is 2. The van der Waals surface area contributed by atoms with Crippen molar-refractivity contribution < 1.29 is 18.6 Å². The number of sulfone groups is 1. The summed E-state index contributed by atoms with van der Waals surface area (Å²) in [6.45, 7) is 10.1. The zero-order valence-electron chi connectivity index (χ0n) is 18.5. The van der Waals surface area contributed by atoms with Crippen LogP contribution in [0.1, 0.15) is 69.9 Å². The maximum Gasteiger partial charge on any atom is 0.227 e. The summed E-state index contributed by atoms with van der Waals surface area (Å²) < 4.78 is 26.9. The van der Waals surface area contributed by atoms with Gasteiger partial charge < -0.3 is 15.2 Å². The van der Waals surface area contributed by atoms with Crippen molar-refractivity contribution in [3.05, 3.63) is 53.5 Å². The second-order valence-electron chi connectivity index (χ2n) is 8.55. The molecular formula is C24H32N2O4S. The molecule has 3 N–H and O–H groups in total. The van der Waals surface area contributed by atoms with Crippen molar-refractivity contribution in [2.75, 3.05) is 0 Å². The largest absolute Gasteiger partial charge is 0.507 e. The zero-order valence-corrected chi connectivity index (χ0v) is 19.3. The van der Waals surface area contributed by atoms with E-state index in [-0.39, 0.29) is 38.8 Å². The molecule has 0 spiro atoms. The summed E-state index contributed by atoms with van der Waals surface area (Å²) in [6, 6.07) is 1.52. The number of aromatic amines is 1. The molecular weight excluding hydrogens is 412 g/mol. The van der Waals surface area contributed by atoms with Crippen LogP contribution in [0.4, 0.5) is 0 Å². The Morgan fingerprint density at radius 2 is 2.06 bits per heavy atom. The van der Waals surface area contributed by atoms with Gasteiger partial charge in [0.05, 0.1) is 12.5 Å². The lowest BCUT2D eigenvalue weighted by atomic mass is 9.73. The second-order valence-corrected chi connectivity index (χ2v) is 10.4. The topological polar surface area (TPSA) is 103 Å². The number of aryl methyl sites for hydroxylation is 1. The van der Waals surface area contributed by atoms with E-state index in [1.807, 2.05) is 19.9 Å². The highest BCUT2D eigenvalue weighted by Gasteiger charge is 2.35. The first kappa shape index (κ1) is 23.1. The Labute approximate surface area is 184 Å². The molecule has 7 heteroatoms. The lowest BCUT2D eigenvalue weighted by molar-refractivity contribution is 0.397. The number of H-pyrrole nitrogens is 1. The molecule has 31 heavy (non-hydrogen) atoms. The normalized spacial score (nSPS) is 19.3. The number of rotatable bonds is 8. The van der Waals surface area contributed by atoms with Gasteiger partial charge in [-0.3, -0.25) is 0 Å². The Hall–Kier alpha value is -2.54. The monoisotopic (exact) mass is 444 g/mol. The van der Waals surface area contributed by atoms with Crippen LogP contribution in [-0.4, -0.2) is 28.6 Å². The molecule has 2 atom stereocenters. The van der Waals surface area contributed by atoms with E-state index in [0.717, 1.165) is 43.3 Å². The van der Waals surface area contributed by atoms with Crippen molar-refractivity contribution in [2.24, 2.45) is 5.92 Å². The number of nitrogens with one attached hydrogen (secondary N) is 1. The van der Waals surface area contributed by atoms with Crippen LogP contribution in [0.2, 0.25) is 0 Å². The molecule has 2 aromatic rings. The highest BCUT2D eigenvalue weighted by atomic mass is 32.2. The fraction of sp³-hybridized carbons (Fsp3) is 0.458. The molecule has 0 saturated heterocycles. The van der Waals surface area contributed by atoms with E-state index in [4.69, 9.17) is 0 Å². The summed E-state index contributed by atoms with van der Waals surface area (Å²) in [5.41, 5.74) is 2.76. The first-order valence-corrected chi connectivity index (χ1v) is 12.3. The average Bonchev–Trinajstić information content (AvgIpc) is 3.23. The van der Waals surface area contributed by atoms with Gasteiger partial charge in [-0.1, -0.05) is 43.6 Å². The lowest BCUT2D eigenvalue weighted by Gasteiger charge is -2.32. The van der Waals surface area contributed by atoms with Crippen LogP contribution in [0.15, 0.2) is 52.3 Å². The van der Waals surface area contributed by atoms with E-state index >= 15 is 0 Å². The van der Waals surface area contributed by atoms with Crippen LogP contribution in [-0.2, 0) is 16.3 Å². The molecule has 0 amide bonds. The van der Waals surface area contributed by atoms with Crippen molar-refractivity contribution in [3.63, 3.8) is 0 Å². The van der Waals surface area contributed by atoms with Gasteiger partial charge in [0.15, 0.2) is 5.03 Å². The van der Waals surface area contributed by atoms with Crippen molar-refractivity contribution in [3.8, 4) is 11.5 Å². The number of unbranched alkanes of at least 4 members (excludes halogenated alkanes) is 2. The third-order valence-electron chi connectivity index (χ3n) is 6.14. The minimum absolute atomic E-state index is 0.00847. The first-order chi connectivity index (χ1) is 14.7. The molecule has 0 fully saturated rings. The molecule has 1 aromatic heterocycles. The Bertz CT molecular complexity index is 1090. The minimum Gasteiger partial charge on any atom is -0.507 e. The summed E-state index contributed by atoms with van der Waals surface area (Å²) in [5, 5.41) is 22.2. The average molecular weight is 445 g/mol. The maximum absolute atomic E-state index is 13.4. The predicted molar refractivity (Wildman–Crippen MR) is 121 cm³/mol. The van der Waals surface area contributed by atoms with Gasteiger partial charge in [-0.25, -0.2) is 13.4 Å². The smallest absolute Gasteiger partial charge is 0.227 e. The lowest BCUT2D eigenvalue weighted by Crippen LogP contribution is -2.18. The summed E-state index contributed by atoms with van der Waals surface area (Å²) in [7, 11) is -4.05. The van der Waals surface area contributed by atoms with Crippen molar-refractivity contribution in [2.45, 2.75) is 75.1 Å².